The van der Waals surface area contributed by atoms with E-state index in [0.29, 0.717) is 0 Å². The molecule has 0 saturated carbocycles. The van der Waals surface area contributed by atoms with E-state index in [4.69, 9.17) is 0 Å². The van der Waals surface area contributed by atoms with Crippen LogP contribution >= 0.6 is 0 Å². The van der Waals surface area contributed by atoms with Crippen LogP contribution in [0.25, 0.3) is 10.9 Å². The molecule has 4 nitrogen and oxygen atoms in total. The van der Waals surface area contributed by atoms with Crippen molar-refractivity contribution in [3.05, 3.63) is 29.5 Å². The van der Waals surface area contributed by atoms with Crippen molar-refractivity contribution >= 4 is 24.9 Å². The van der Waals surface area contributed by atoms with Crippen LogP contribution in [0, 0.1) is 5.82 Å². The molecular weight excluding hydrogens is 378 g/mol. The molecular formula is C18H21F4N3OSi. The van der Waals surface area contributed by atoms with Gasteiger partial charge in [0.15, 0.2) is 11.5 Å². The summed E-state index contributed by atoms with van der Waals surface area (Å²) < 4.78 is 52.5. The summed E-state index contributed by atoms with van der Waals surface area (Å²) in [6, 6.07) is 6.49. The van der Waals surface area contributed by atoms with Crippen molar-refractivity contribution in [2.75, 3.05) is 0 Å². The number of fused-ring (bicyclic) bond motifs is 1. The molecule has 1 amide bonds. The minimum Gasteiger partial charge on any atom is -0.349 e. The average molecular weight is 399 g/mol. The van der Waals surface area contributed by atoms with Gasteiger partial charge >= 0.3 is 6.18 Å². The number of pyridine rings is 1. The summed E-state index contributed by atoms with van der Waals surface area (Å²) in [7, 11) is -1.07. The maximum Gasteiger partial charge on any atom is 0.436 e. The summed E-state index contributed by atoms with van der Waals surface area (Å²) in [5.41, 5.74) is -1.44. The quantitative estimate of drug-likeness (QED) is 0.560. The first kappa shape index (κ1) is 18.5. The third-order valence-electron chi connectivity index (χ3n) is 6.17. The summed E-state index contributed by atoms with van der Waals surface area (Å²) in [4.78, 5) is 18.3. The third-order valence-corrected chi connectivity index (χ3v) is 11.7. The number of alkyl halides is 3. The van der Waals surface area contributed by atoms with Gasteiger partial charge in [-0.1, -0.05) is 37.0 Å². The second-order valence-electron chi connectivity index (χ2n) is 7.88. The largest absolute Gasteiger partial charge is 0.436 e. The first-order valence-corrected chi connectivity index (χ1v) is 12.2. The highest BCUT2D eigenvalue weighted by atomic mass is 28.3. The number of rotatable bonds is 2. The Balaban J connectivity index is 1.48. The van der Waals surface area contributed by atoms with Gasteiger partial charge in [-0.2, -0.15) is 13.2 Å². The van der Waals surface area contributed by atoms with Gasteiger partial charge < -0.3 is 10.3 Å². The summed E-state index contributed by atoms with van der Waals surface area (Å²) in [6.45, 7) is 0. The lowest BCUT2D eigenvalue weighted by molar-refractivity contribution is -0.143. The van der Waals surface area contributed by atoms with E-state index >= 15 is 0 Å². The van der Waals surface area contributed by atoms with Gasteiger partial charge in [0.05, 0.1) is 19.8 Å². The van der Waals surface area contributed by atoms with E-state index < -0.39 is 31.7 Å². The van der Waals surface area contributed by atoms with Gasteiger partial charge in [-0.15, -0.1) is 0 Å². The molecule has 1 spiro atoms. The monoisotopic (exact) mass is 399 g/mol. The topological polar surface area (TPSA) is 57.8 Å². The van der Waals surface area contributed by atoms with Gasteiger partial charge in [0.1, 0.15) is 5.69 Å². The number of H-pyrrole nitrogens is 1. The zero-order valence-electron chi connectivity index (χ0n) is 14.8. The molecule has 0 radical (unpaired) electrons. The van der Waals surface area contributed by atoms with Crippen LogP contribution in [-0.2, 0) is 6.18 Å². The average Bonchev–Trinajstić information content (AvgIpc) is 3.24. The van der Waals surface area contributed by atoms with Crippen molar-refractivity contribution in [3.8, 4) is 0 Å². The van der Waals surface area contributed by atoms with Crippen molar-refractivity contribution in [3.63, 3.8) is 0 Å². The van der Waals surface area contributed by atoms with E-state index in [9.17, 15) is 22.4 Å². The van der Waals surface area contributed by atoms with Crippen LogP contribution in [0.2, 0.25) is 24.2 Å². The molecule has 27 heavy (non-hydrogen) atoms. The van der Waals surface area contributed by atoms with Gasteiger partial charge in [-0.25, -0.2) is 9.37 Å². The summed E-state index contributed by atoms with van der Waals surface area (Å²) in [5, 5.41) is 2.68. The Morgan fingerprint density at radius 2 is 1.85 bits per heavy atom. The molecule has 2 aliphatic rings. The molecule has 0 bridgehead atoms. The molecule has 0 aromatic carbocycles. The van der Waals surface area contributed by atoms with Crippen molar-refractivity contribution in [2.24, 2.45) is 0 Å². The van der Waals surface area contributed by atoms with Crippen LogP contribution < -0.4 is 5.32 Å². The second-order valence-corrected chi connectivity index (χ2v) is 12.9. The van der Waals surface area contributed by atoms with Gasteiger partial charge in [0.2, 0.25) is 0 Å². The van der Waals surface area contributed by atoms with E-state index in [1.54, 1.807) is 0 Å². The Kier molecular flexibility index (Phi) is 4.52. The van der Waals surface area contributed by atoms with Gasteiger partial charge in [-0.3, -0.25) is 4.79 Å². The number of hydrogen-bond donors (Lipinski definition) is 2. The number of carbonyl (C=O) groups excluding carboxylic acids is 1. The molecule has 2 fully saturated rings. The maximum absolute atomic E-state index is 14.1. The lowest BCUT2D eigenvalue weighted by Crippen LogP contribution is -2.43. The number of amides is 1. The zero-order chi connectivity index (χ0) is 19.2. The minimum atomic E-state index is -4.87. The smallest absolute Gasteiger partial charge is 0.349 e. The first-order valence-electron chi connectivity index (χ1n) is 9.33. The molecule has 4 heterocycles. The van der Waals surface area contributed by atoms with E-state index in [1.165, 1.54) is 37.0 Å². The van der Waals surface area contributed by atoms with Crippen molar-refractivity contribution in [1.29, 1.82) is 0 Å². The molecule has 4 rings (SSSR count). The highest BCUT2D eigenvalue weighted by Crippen LogP contribution is 2.42. The molecule has 2 aromatic heterocycles. The molecule has 0 aliphatic carbocycles. The van der Waals surface area contributed by atoms with Gasteiger partial charge in [-0.05, 0) is 18.9 Å². The Hall–Kier alpha value is -1.90. The number of aromatic nitrogens is 2. The Morgan fingerprint density at radius 3 is 2.48 bits per heavy atom. The van der Waals surface area contributed by atoms with E-state index in [0.717, 1.165) is 25.1 Å². The standard InChI is InChI=1S/C18H21F4N3OSi/c19-15-12-9-13(25-14(12)10-23-16(15)18(20,21)22)17(26)24-11-3-7-27(8-4-11)5-1-2-6-27/h9-11,25H,1-8H2,(H,24,26). The predicted octanol–water partition coefficient (Wildman–Crippen LogP) is 4.86. The molecule has 2 aliphatic heterocycles. The van der Waals surface area contributed by atoms with Crippen LogP contribution in [0.5, 0.6) is 0 Å². The third kappa shape index (κ3) is 3.49. The molecule has 0 unspecified atom stereocenters. The van der Waals surface area contributed by atoms with E-state index in [1.807, 2.05) is 0 Å². The van der Waals surface area contributed by atoms with Crippen molar-refractivity contribution in [1.82, 2.24) is 15.3 Å². The summed E-state index contributed by atoms with van der Waals surface area (Å²) >= 11 is 0. The van der Waals surface area contributed by atoms with Crippen molar-refractivity contribution in [2.45, 2.75) is 62.1 Å². The molecule has 2 aromatic rings. The Bertz CT molecular complexity index is 863. The Morgan fingerprint density at radius 1 is 1.19 bits per heavy atom. The van der Waals surface area contributed by atoms with E-state index in [-0.39, 0.29) is 22.6 Å². The summed E-state index contributed by atoms with van der Waals surface area (Å²) in [6.07, 6.45) is 0.655. The number of carbonyl (C=O) groups is 1. The maximum atomic E-state index is 14.1. The molecule has 2 saturated heterocycles. The number of hydrogen-bond acceptors (Lipinski definition) is 2. The second kappa shape index (κ2) is 6.61. The predicted molar refractivity (Wildman–Crippen MR) is 95.8 cm³/mol. The molecule has 2 N–H and O–H groups in total. The fourth-order valence-electron chi connectivity index (χ4n) is 4.65. The van der Waals surface area contributed by atoms with Crippen molar-refractivity contribution < 1.29 is 22.4 Å². The van der Waals surface area contributed by atoms with Crippen LogP contribution in [-0.4, -0.2) is 30.0 Å². The number of nitrogens with zero attached hydrogens (tertiary/aromatic N) is 1. The first-order chi connectivity index (χ1) is 12.8. The fourth-order valence-corrected chi connectivity index (χ4v) is 10.1. The normalized spacial score (nSPS) is 20.4. The zero-order valence-corrected chi connectivity index (χ0v) is 15.8. The number of aromatic amines is 1. The van der Waals surface area contributed by atoms with Crippen LogP contribution in [0.3, 0.4) is 0 Å². The van der Waals surface area contributed by atoms with Crippen LogP contribution in [0.1, 0.15) is 41.9 Å². The fraction of sp³-hybridized carbons (Fsp3) is 0.556. The lowest BCUT2D eigenvalue weighted by Gasteiger charge is -2.35. The molecule has 0 atom stereocenters. The highest BCUT2D eigenvalue weighted by molar-refractivity contribution is 6.80. The van der Waals surface area contributed by atoms with Crippen LogP contribution in [0.15, 0.2) is 12.3 Å². The number of nitrogens with one attached hydrogen (secondary N) is 2. The minimum absolute atomic E-state index is 0.0587. The number of halogens is 4. The molecule has 146 valence electrons. The summed E-state index contributed by atoms with van der Waals surface area (Å²) in [5.74, 6) is -1.87. The lowest BCUT2D eigenvalue weighted by atomic mass is 10.1. The molecule has 9 heteroatoms. The Labute approximate surface area is 154 Å². The highest BCUT2D eigenvalue weighted by Gasteiger charge is 2.40. The van der Waals surface area contributed by atoms with Gasteiger partial charge in [0.25, 0.3) is 5.91 Å². The van der Waals surface area contributed by atoms with Crippen LogP contribution in [0.4, 0.5) is 17.6 Å². The SMILES string of the molecule is O=C(NC1CC[Si]2(CCCC2)CC1)c1cc2c(F)c(C(F)(F)F)ncc2[nH]1. The van der Waals surface area contributed by atoms with E-state index in [2.05, 4.69) is 15.3 Å². The van der Waals surface area contributed by atoms with Gasteiger partial charge in [0, 0.05) is 11.4 Å².